The Morgan fingerprint density at radius 3 is 1.56 bits per heavy atom. The van der Waals surface area contributed by atoms with E-state index in [0.717, 1.165) is 20.8 Å². The van der Waals surface area contributed by atoms with Crippen LogP contribution in [-0.2, 0) is 42.8 Å². The predicted octanol–water partition coefficient (Wildman–Crippen LogP) is -6.71. The topological polar surface area (TPSA) is 292 Å². The second kappa shape index (κ2) is 15.3. The van der Waals surface area contributed by atoms with Gasteiger partial charge in [-0.2, -0.15) is 0 Å². The molecule has 0 saturated carbocycles. The van der Waals surface area contributed by atoms with Crippen LogP contribution in [0.25, 0.3) is 0 Å². The van der Waals surface area contributed by atoms with Crippen LogP contribution in [0.2, 0.25) is 0 Å². The highest BCUT2D eigenvalue weighted by molar-refractivity contribution is 5.74. The van der Waals surface area contributed by atoms with Gasteiger partial charge in [0.2, 0.25) is 11.8 Å². The molecule has 0 bridgehead atoms. The number of hydrogen-bond donors (Lipinski definition) is 10. The van der Waals surface area contributed by atoms with Gasteiger partial charge in [-0.05, 0) is 0 Å². The Labute approximate surface area is 245 Å². The Bertz CT molecular complexity index is 959. The molecule has 0 aromatic rings. The first-order valence-electron chi connectivity index (χ1n) is 13.5. The average molecular weight is 629 g/mol. The summed E-state index contributed by atoms with van der Waals surface area (Å²) in [6, 6.07) is -2.87. The molecule has 3 fully saturated rings. The number of aliphatic hydroxyl groups is 8. The molecule has 3 heterocycles. The molecule has 248 valence electrons. The van der Waals surface area contributed by atoms with Crippen LogP contribution in [0.1, 0.15) is 20.8 Å². The molecular weight excluding hydrogens is 588 g/mol. The summed E-state index contributed by atoms with van der Waals surface area (Å²) in [5, 5.41) is 87.8. The molecule has 19 heteroatoms. The summed E-state index contributed by atoms with van der Waals surface area (Å²) in [5.74, 6) is -2.19. The highest BCUT2D eigenvalue weighted by Crippen LogP contribution is 2.33. The zero-order chi connectivity index (χ0) is 32.2. The van der Waals surface area contributed by atoms with Gasteiger partial charge < -0.3 is 79.9 Å². The molecule has 3 rings (SSSR count). The minimum absolute atomic E-state index is 0.660. The van der Waals surface area contributed by atoms with Crippen molar-refractivity contribution in [3.05, 3.63) is 0 Å². The Hall–Kier alpha value is -2.11. The third-order valence-corrected chi connectivity index (χ3v) is 7.17. The van der Waals surface area contributed by atoms with E-state index in [1.807, 2.05) is 0 Å². The third kappa shape index (κ3) is 8.14. The fraction of sp³-hybridized carbons (Fsp3) is 0.875. The number of esters is 1. The zero-order valence-corrected chi connectivity index (χ0v) is 23.5. The second-order valence-corrected chi connectivity index (χ2v) is 10.4. The normalized spacial score (nSPS) is 43.5. The van der Waals surface area contributed by atoms with Crippen molar-refractivity contribution in [1.82, 2.24) is 10.6 Å². The van der Waals surface area contributed by atoms with E-state index in [1.54, 1.807) is 0 Å². The lowest BCUT2D eigenvalue weighted by Gasteiger charge is -2.49. The Balaban J connectivity index is 1.92. The van der Waals surface area contributed by atoms with Crippen LogP contribution in [0.3, 0.4) is 0 Å². The van der Waals surface area contributed by atoms with Crippen molar-refractivity contribution in [2.75, 3.05) is 19.8 Å². The molecule has 15 atom stereocenters. The van der Waals surface area contributed by atoms with Crippen molar-refractivity contribution in [2.45, 2.75) is 113 Å². The fourth-order valence-electron chi connectivity index (χ4n) is 5.17. The maximum absolute atomic E-state index is 12.0. The van der Waals surface area contributed by atoms with Crippen LogP contribution < -0.4 is 10.6 Å². The summed E-state index contributed by atoms with van der Waals surface area (Å²) in [7, 11) is 0. The quantitative estimate of drug-likeness (QED) is 0.101. The number of amides is 2. The minimum Gasteiger partial charge on any atom is -0.457 e. The molecule has 10 N–H and O–H groups in total. The summed E-state index contributed by atoms with van der Waals surface area (Å²) in [6.07, 6.45) is -21.6. The first-order chi connectivity index (χ1) is 20.2. The summed E-state index contributed by atoms with van der Waals surface area (Å²) >= 11 is 0. The molecule has 19 nitrogen and oxygen atoms in total. The van der Waals surface area contributed by atoms with E-state index < -0.39 is 130 Å². The van der Waals surface area contributed by atoms with Crippen molar-refractivity contribution in [3.8, 4) is 0 Å². The monoisotopic (exact) mass is 628 g/mol. The van der Waals surface area contributed by atoms with Crippen molar-refractivity contribution < 1.29 is 83.7 Å². The lowest BCUT2D eigenvalue weighted by atomic mass is 9.94. The number of hydrogen-bond acceptors (Lipinski definition) is 17. The van der Waals surface area contributed by atoms with Crippen molar-refractivity contribution in [1.29, 1.82) is 0 Å². The second-order valence-electron chi connectivity index (χ2n) is 10.4. The van der Waals surface area contributed by atoms with Gasteiger partial charge in [0.05, 0.1) is 19.8 Å². The Morgan fingerprint density at radius 1 is 0.605 bits per heavy atom. The zero-order valence-electron chi connectivity index (χ0n) is 23.5. The van der Waals surface area contributed by atoms with Gasteiger partial charge in [-0.25, -0.2) is 0 Å². The fourth-order valence-corrected chi connectivity index (χ4v) is 5.17. The largest absolute Gasteiger partial charge is 0.457 e. The van der Waals surface area contributed by atoms with Gasteiger partial charge in [-0.15, -0.1) is 0 Å². The number of ether oxygens (including phenoxy) is 6. The van der Waals surface area contributed by atoms with Crippen molar-refractivity contribution >= 4 is 17.8 Å². The standard InChI is InChI=1S/C24H40N2O17/c1-7(30)25-13-19(15(33)10(4-27)39-22(13)37)42-24-18(36)21(17(35)12(6-29)41-24)43-23-14(26-8(2)31)20(38-9(3)32)16(34)11(5-28)40-23/h10-24,27-29,33-37H,4-6H2,1-3H3,(H,25,30)(H,26,31)/t10-,11-,12-,13-,14-,15+,16+,17+,18-,19-,20-,21+,22-,23+,24-/m1/s1. The molecule has 3 aliphatic rings. The van der Waals surface area contributed by atoms with Gasteiger partial charge in [0.25, 0.3) is 0 Å². The SMILES string of the molecule is CC(=O)N[C@@H]1[C@@H](O[C@H]2O[C@H](CO)[C@H](O)[C@H](O[C@@H]3O[C@H](CO)[C@H](O)[C@H](OC(C)=O)[C@H]3NC(C)=O)[C@H]2O)[C@@H](O)[C@@H](CO)O[C@H]1O. The molecule has 0 spiro atoms. The van der Waals surface area contributed by atoms with E-state index in [-0.39, 0.29) is 0 Å². The summed E-state index contributed by atoms with van der Waals surface area (Å²) in [4.78, 5) is 35.5. The molecule has 2 amide bonds. The van der Waals surface area contributed by atoms with Crippen LogP contribution in [-0.4, -0.2) is 170 Å². The number of carbonyl (C=O) groups is 3. The lowest BCUT2D eigenvalue weighted by Crippen LogP contribution is -2.69. The highest BCUT2D eigenvalue weighted by Gasteiger charge is 2.55. The van der Waals surface area contributed by atoms with Crippen LogP contribution in [0.15, 0.2) is 0 Å². The smallest absolute Gasteiger partial charge is 0.303 e. The van der Waals surface area contributed by atoms with Gasteiger partial charge >= 0.3 is 5.97 Å². The van der Waals surface area contributed by atoms with Crippen molar-refractivity contribution in [3.63, 3.8) is 0 Å². The minimum atomic E-state index is -1.97. The van der Waals surface area contributed by atoms with E-state index in [2.05, 4.69) is 10.6 Å². The lowest BCUT2D eigenvalue weighted by molar-refractivity contribution is -0.365. The molecule has 0 aromatic carbocycles. The number of aliphatic hydroxyl groups excluding tert-OH is 8. The predicted molar refractivity (Wildman–Crippen MR) is 134 cm³/mol. The van der Waals surface area contributed by atoms with Gasteiger partial charge in [0.15, 0.2) is 25.0 Å². The van der Waals surface area contributed by atoms with E-state index in [9.17, 15) is 55.2 Å². The molecule has 43 heavy (non-hydrogen) atoms. The summed E-state index contributed by atoms with van der Waals surface area (Å²) in [6.45, 7) is 0.833. The Kier molecular flexibility index (Phi) is 12.5. The van der Waals surface area contributed by atoms with Crippen molar-refractivity contribution in [2.24, 2.45) is 0 Å². The molecular formula is C24H40N2O17. The van der Waals surface area contributed by atoms with E-state index in [4.69, 9.17) is 28.4 Å². The van der Waals surface area contributed by atoms with Gasteiger partial charge in [0, 0.05) is 20.8 Å². The van der Waals surface area contributed by atoms with E-state index in [0.29, 0.717) is 0 Å². The molecule has 0 unspecified atom stereocenters. The molecule has 0 aliphatic carbocycles. The first kappa shape index (κ1) is 35.4. The highest BCUT2D eigenvalue weighted by atomic mass is 16.7. The number of rotatable bonds is 10. The molecule has 3 aliphatic heterocycles. The first-order valence-corrected chi connectivity index (χ1v) is 13.5. The van der Waals surface area contributed by atoms with Crippen LogP contribution >= 0.6 is 0 Å². The summed E-state index contributed by atoms with van der Waals surface area (Å²) < 4.78 is 32.9. The maximum Gasteiger partial charge on any atom is 0.303 e. The molecule has 0 aromatic heterocycles. The van der Waals surface area contributed by atoms with Gasteiger partial charge in [-0.1, -0.05) is 0 Å². The Morgan fingerprint density at radius 2 is 1.05 bits per heavy atom. The maximum atomic E-state index is 12.0. The molecule has 0 radical (unpaired) electrons. The van der Waals surface area contributed by atoms with E-state index in [1.165, 1.54) is 0 Å². The third-order valence-electron chi connectivity index (χ3n) is 7.17. The van der Waals surface area contributed by atoms with Gasteiger partial charge in [0.1, 0.15) is 67.0 Å². The van der Waals surface area contributed by atoms with Crippen LogP contribution in [0.5, 0.6) is 0 Å². The van der Waals surface area contributed by atoms with Crippen LogP contribution in [0, 0.1) is 0 Å². The average Bonchev–Trinajstić information content (AvgIpc) is 2.93. The molecule has 3 saturated heterocycles. The van der Waals surface area contributed by atoms with E-state index >= 15 is 0 Å². The number of nitrogens with one attached hydrogen (secondary N) is 2. The number of carbonyl (C=O) groups excluding carboxylic acids is 3. The van der Waals surface area contributed by atoms with Gasteiger partial charge in [-0.3, -0.25) is 14.4 Å². The summed E-state index contributed by atoms with van der Waals surface area (Å²) in [5.41, 5.74) is 0. The van der Waals surface area contributed by atoms with Crippen LogP contribution in [0.4, 0.5) is 0 Å².